The van der Waals surface area contributed by atoms with Crippen LogP contribution in [0.2, 0.25) is 0 Å². The zero-order chi connectivity index (χ0) is 22.9. The molecular formula is C26H27N3O3. The smallest absolute Gasteiger partial charge is 0.326 e. The van der Waals surface area contributed by atoms with E-state index in [0.29, 0.717) is 17.9 Å². The Morgan fingerprint density at radius 1 is 1.03 bits per heavy atom. The van der Waals surface area contributed by atoms with Crippen LogP contribution in [0.25, 0.3) is 22.4 Å². The molecule has 1 heterocycles. The number of nitrogens with one attached hydrogen (secondary N) is 1. The number of methoxy groups -OCH3 is 1. The summed E-state index contributed by atoms with van der Waals surface area (Å²) in [7, 11) is 1.65. The van der Waals surface area contributed by atoms with Crippen LogP contribution in [0.1, 0.15) is 20.3 Å². The molecule has 0 saturated heterocycles. The molecular weight excluding hydrogens is 402 g/mol. The van der Waals surface area contributed by atoms with E-state index >= 15 is 0 Å². The maximum Gasteiger partial charge on any atom is 0.326 e. The highest BCUT2D eigenvalue weighted by molar-refractivity contribution is 5.78. The van der Waals surface area contributed by atoms with Gasteiger partial charge in [-0.05, 0) is 42.7 Å². The van der Waals surface area contributed by atoms with Crippen molar-refractivity contribution in [1.82, 2.24) is 9.97 Å². The van der Waals surface area contributed by atoms with Crippen LogP contribution in [-0.4, -0.2) is 34.2 Å². The van der Waals surface area contributed by atoms with E-state index in [9.17, 15) is 9.90 Å². The third kappa shape index (κ3) is 5.82. The molecule has 2 aromatic carbocycles. The number of rotatable bonds is 9. The van der Waals surface area contributed by atoms with Crippen molar-refractivity contribution in [3.8, 4) is 28.1 Å². The molecule has 0 fully saturated rings. The van der Waals surface area contributed by atoms with E-state index in [1.54, 1.807) is 13.2 Å². The van der Waals surface area contributed by atoms with Crippen LogP contribution >= 0.6 is 0 Å². The van der Waals surface area contributed by atoms with Gasteiger partial charge in [-0.1, -0.05) is 54.6 Å². The topological polar surface area (TPSA) is 84.3 Å². The number of hydrogen-bond donors (Lipinski definition) is 2. The van der Waals surface area contributed by atoms with Gasteiger partial charge in [-0.25, -0.2) is 14.8 Å². The van der Waals surface area contributed by atoms with E-state index in [-0.39, 0.29) is 0 Å². The van der Waals surface area contributed by atoms with Crippen molar-refractivity contribution in [2.45, 2.75) is 26.3 Å². The van der Waals surface area contributed by atoms with Crippen LogP contribution in [0, 0.1) is 0 Å². The summed E-state index contributed by atoms with van der Waals surface area (Å²) in [5.41, 5.74) is 4.75. The number of carbonyl (C=O) groups is 1. The van der Waals surface area contributed by atoms with Gasteiger partial charge in [0.25, 0.3) is 0 Å². The van der Waals surface area contributed by atoms with E-state index in [1.807, 2.05) is 80.6 Å². The standard InChI is InChI=1S/C26H27N3O3/c1-4-6-18(5-2)15-24(26(30)31)29-25-16-23(27-17-28-25)21-9-7-19(8-10-21)20-11-13-22(32-3)14-12-20/h4-14,16-17,24H,15H2,1-3H3,(H,30,31)(H,27,28,29)/b6-4-,18-5+. The van der Waals surface area contributed by atoms with E-state index in [1.165, 1.54) is 6.33 Å². The number of benzene rings is 2. The fourth-order valence-electron chi connectivity index (χ4n) is 3.32. The first kappa shape index (κ1) is 22.7. The zero-order valence-corrected chi connectivity index (χ0v) is 18.4. The lowest BCUT2D eigenvalue weighted by atomic mass is 10.0. The summed E-state index contributed by atoms with van der Waals surface area (Å²) in [6, 6.07) is 16.9. The molecule has 1 aromatic heterocycles. The maximum absolute atomic E-state index is 11.8. The van der Waals surface area contributed by atoms with Crippen LogP contribution in [0.15, 0.2) is 84.7 Å². The van der Waals surface area contributed by atoms with Crippen molar-refractivity contribution in [1.29, 1.82) is 0 Å². The van der Waals surface area contributed by atoms with Gasteiger partial charge in [-0.15, -0.1) is 0 Å². The van der Waals surface area contributed by atoms with Crippen LogP contribution in [0.4, 0.5) is 5.82 Å². The third-order valence-electron chi connectivity index (χ3n) is 5.08. The molecule has 0 aliphatic heterocycles. The molecule has 3 rings (SSSR count). The Balaban J connectivity index is 1.78. The van der Waals surface area contributed by atoms with Gasteiger partial charge in [-0.2, -0.15) is 0 Å². The second-order valence-corrected chi connectivity index (χ2v) is 7.20. The highest BCUT2D eigenvalue weighted by Crippen LogP contribution is 2.26. The fraction of sp³-hybridized carbons (Fsp3) is 0.192. The predicted molar refractivity (Wildman–Crippen MR) is 128 cm³/mol. The molecule has 164 valence electrons. The molecule has 0 bridgehead atoms. The fourth-order valence-corrected chi connectivity index (χ4v) is 3.32. The second-order valence-electron chi connectivity index (χ2n) is 7.20. The van der Waals surface area contributed by atoms with Gasteiger partial charge in [0.1, 0.15) is 23.9 Å². The normalized spacial score (nSPS) is 12.5. The number of allylic oxidation sites excluding steroid dienone is 3. The van der Waals surface area contributed by atoms with Crippen molar-refractivity contribution < 1.29 is 14.6 Å². The number of aromatic nitrogens is 2. The lowest BCUT2D eigenvalue weighted by Gasteiger charge is -2.16. The number of ether oxygens (including phenoxy) is 1. The molecule has 0 aliphatic carbocycles. The highest BCUT2D eigenvalue weighted by atomic mass is 16.5. The molecule has 0 saturated carbocycles. The minimum Gasteiger partial charge on any atom is -0.497 e. The quantitative estimate of drug-likeness (QED) is 0.431. The van der Waals surface area contributed by atoms with E-state index < -0.39 is 12.0 Å². The summed E-state index contributed by atoms with van der Waals surface area (Å²) < 4.78 is 5.21. The maximum atomic E-state index is 11.8. The van der Waals surface area contributed by atoms with Crippen molar-refractivity contribution in [2.75, 3.05) is 12.4 Å². The van der Waals surface area contributed by atoms with E-state index in [0.717, 1.165) is 28.0 Å². The Kier molecular flexibility index (Phi) is 7.75. The van der Waals surface area contributed by atoms with Crippen molar-refractivity contribution in [3.05, 3.63) is 84.7 Å². The molecule has 1 unspecified atom stereocenters. The molecule has 0 amide bonds. The summed E-state index contributed by atoms with van der Waals surface area (Å²) in [6.07, 6.45) is 7.51. The first-order chi connectivity index (χ1) is 15.5. The SMILES string of the molecule is C/C=C\C(=C/C)CC(Nc1cc(-c2ccc(-c3ccc(OC)cc3)cc2)ncn1)C(=O)O. The molecule has 0 spiro atoms. The molecule has 3 aromatic rings. The van der Waals surface area contributed by atoms with Gasteiger partial charge in [0.15, 0.2) is 0 Å². The van der Waals surface area contributed by atoms with Gasteiger partial charge < -0.3 is 15.2 Å². The van der Waals surface area contributed by atoms with Crippen LogP contribution in [0.5, 0.6) is 5.75 Å². The Bertz CT molecular complexity index is 1100. The van der Waals surface area contributed by atoms with Crippen molar-refractivity contribution >= 4 is 11.8 Å². The summed E-state index contributed by atoms with van der Waals surface area (Å²) in [5.74, 6) is 0.355. The number of carboxylic acid groups (broad SMARTS) is 1. The average molecular weight is 430 g/mol. The van der Waals surface area contributed by atoms with Crippen LogP contribution in [-0.2, 0) is 4.79 Å². The molecule has 0 radical (unpaired) electrons. The molecule has 1 atom stereocenters. The lowest BCUT2D eigenvalue weighted by Crippen LogP contribution is -2.30. The van der Waals surface area contributed by atoms with Crippen molar-refractivity contribution in [2.24, 2.45) is 0 Å². The first-order valence-corrected chi connectivity index (χ1v) is 10.4. The van der Waals surface area contributed by atoms with Gasteiger partial charge in [-0.3, -0.25) is 0 Å². The lowest BCUT2D eigenvalue weighted by molar-refractivity contribution is -0.137. The summed E-state index contributed by atoms with van der Waals surface area (Å²) in [5, 5.41) is 12.7. The van der Waals surface area contributed by atoms with Gasteiger partial charge in [0.05, 0.1) is 12.8 Å². The highest BCUT2D eigenvalue weighted by Gasteiger charge is 2.19. The molecule has 6 nitrogen and oxygen atoms in total. The molecule has 32 heavy (non-hydrogen) atoms. The van der Waals surface area contributed by atoms with Gasteiger partial charge >= 0.3 is 5.97 Å². The Morgan fingerprint density at radius 2 is 1.66 bits per heavy atom. The summed E-state index contributed by atoms with van der Waals surface area (Å²) in [6.45, 7) is 3.80. The Labute approximate surface area is 188 Å². The summed E-state index contributed by atoms with van der Waals surface area (Å²) >= 11 is 0. The van der Waals surface area contributed by atoms with Crippen molar-refractivity contribution in [3.63, 3.8) is 0 Å². The Hall–Kier alpha value is -3.93. The zero-order valence-electron chi connectivity index (χ0n) is 18.4. The Morgan fingerprint density at radius 3 is 2.22 bits per heavy atom. The first-order valence-electron chi connectivity index (χ1n) is 10.4. The minimum absolute atomic E-state index is 0.353. The third-order valence-corrected chi connectivity index (χ3v) is 5.08. The van der Waals surface area contributed by atoms with Crippen LogP contribution < -0.4 is 10.1 Å². The van der Waals surface area contributed by atoms with Gasteiger partial charge in [0.2, 0.25) is 0 Å². The van der Waals surface area contributed by atoms with E-state index in [4.69, 9.17) is 4.74 Å². The predicted octanol–water partition coefficient (Wildman–Crippen LogP) is 5.60. The number of nitrogens with zero attached hydrogens (tertiary/aromatic N) is 2. The molecule has 0 aliphatic rings. The number of carboxylic acids is 1. The van der Waals surface area contributed by atoms with E-state index in [2.05, 4.69) is 15.3 Å². The monoisotopic (exact) mass is 429 g/mol. The number of hydrogen-bond acceptors (Lipinski definition) is 5. The molecule has 2 N–H and O–H groups in total. The van der Waals surface area contributed by atoms with Crippen LogP contribution in [0.3, 0.4) is 0 Å². The second kappa shape index (κ2) is 10.9. The average Bonchev–Trinajstić information content (AvgIpc) is 2.83. The van der Waals surface area contributed by atoms with Gasteiger partial charge in [0, 0.05) is 18.1 Å². The number of anilines is 1. The summed E-state index contributed by atoms with van der Waals surface area (Å²) in [4.78, 5) is 20.3. The number of aliphatic carboxylic acids is 1. The largest absolute Gasteiger partial charge is 0.497 e. The molecule has 6 heteroatoms. The minimum atomic E-state index is -0.933.